The van der Waals surface area contributed by atoms with E-state index in [0.29, 0.717) is 30.7 Å². The summed E-state index contributed by atoms with van der Waals surface area (Å²) in [6, 6.07) is 0.558. The molecule has 6 saturated heterocycles. The van der Waals surface area contributed by atoms with Gasteiger partial charge in [0.15, 0.2) is 0 Å². The van der Waals surface area contributed by atoms with Gasteiger partial charge < -0.3 is 9.80 Å². The van der Waals surface area contributed by atoms with Crippen LogP contribution in [0.2, 0.25) is 0 Å². The number of nitrogens with zero attached hydrogens (tertiary/aromatic N) is 5. The van der Waals surface area contributed by atoms with Gasteiger partial charge in [0.1, 0.15) is 0 Å². The van der Waals surface area contributed by atoms with Gasteiger partial charge in [-0.05, 0) is 49.4 Å². The fourth-order valence-corrected chi connectivity index (χ4v) is 7.42. The second-order valence-corrected chi connectivity index (χ2v) is 13.1. The summed E-state index contributed by atoms with van der Waals surface area (Å²) in [4.78, 5) is 37.6. The Morgan fingerprint density at radius 1 is 0.744 bits per heavy atom. The van der Waals surface area contributed by atoms with Crippen molar-refractivity contribution < 1.29 is 9.59 Å². The summed E-state index contributed by atoms with van der Waals surface area (Å²) >= 11 is 0. The SMILES string of the molecule is C=C[C@]1(C)CC[C@@H]2C[C@H]1C(=C)CN1CCN(CC1)C(=O)CCN(C1CC1)CCC(=O)N1CCN(CC1)CC2=C. The minimum absolute atomic E-state index is 0.0683. The standard InChI is InChI=1S/C32H51N5O2/c1-5-32(4)11-8-27-22-29(32)26(3)24-34-16-20-37(21-17-34)31(39)10-13-35(28-6-7-28)12-9-30(38)36-18-14-33(15-19-36)23-25(27)2/h5,27-29H,1-3,6-24H2,4H3/t27-,29+,32-/m1/s1. The molecule has 39 heavy (non-hydrogen) atoms. The highest BCUT2D eigenvalue weighted by atomic mass is 16.2. The van der Waals surface area contributed by atoms with Crippen molar-refractivity contribution in [3.8, 4) is 0 Å². The van der Waals surface area contributed by atoms with Gasteiger partial charge in [-0.15, -0.1) is 6.58 Å². The Kier molecular flexibility index (Phi) is 8.99. The second kappa shape index (κ2) is 12.3. The third-order valence-corrected chi connectivity index (χ3v) is 10.5. The van der Waals surface area contributed by atoms with Gasteiger partial charge in [-0.1, -0.05) is 37.3 Å². The van der Waals surface area contributed by atoms with E-state index in [9.17, 15) is 9.59 Å². The summed E-state index contributed by atoms with van der Waals surface area (Å²) in [5.41, 5.74) is 2.72. The minimum Gasteiger partial charge on any atom is -0.340 e. The first-order chi connectivity index (χ1) is 18.8. The lowest BCUT2D eigenvalue weighted by molar-refractivity contribution is -0.133. The van der Waals surface area contributed by atoms with Gasteiger partial charge in [0.25, 0.3) is 0 Å². The van der Waals surface area contributed by atoms with Crippen molar-refractivity contribution in [3.63, 3.8) is 0 Å². The fraction of sp³-hybridized carbons (Fsp3) is 0.750. The predicted molar refractivity (Wildman–Crippen MR) is 157 cm³/mol. The molecule has 8 rings (SSSR count). The Morgan fingerprint density at radius 3 is 1.74 bits per heavy atom. The molecular weight excluding hydrogens is 486 g/mol. The van der Waals surface area contributed by atoms with Crippen LogP contribution in [0.25, 0.3) is 0 Å². The van der Waals surface area contributed by atoms with Crippen molar-refractivity contribution in [3.05, 3.63) is 37.0 Å². The highest BCUT2D eigenvalue weighted by Crippen LogP contribution is 2.49. The molecule has 0 aromatic rings. The summed E-state index contributed by atoms with van der Waals surface area (Å²) in [5.74, 6) is 1.42. The molecule has 6 bridgehead atoms. The molecule has 8 fully saturated rings. The van der Waals surface area contributed by atoms with Gasteiger partial charge in [-0.25, -0.2) is 0 Å². The molecule has 0 spiro atoms. The third kappa shape index (κ3) is 6.86. The Balaban J connectivity index is 1.29. The number of piperazine rings is 2. The molecule has 2 amide bonds. The van der Waals surface area contributed by atoms with Gasteiger partial charge >= 0.3 is 0 Å². The zero-order valence-electron chi connectivity index (χ0n) is 24.4. The average molecular weight is 538 g/mol. The van der Waals surface area contributed by atoms with Crippen LogP contribution in [0, 0.1) is 17.3 Å². The van der Waals surface area contributed by atoms with E-state index in [0.717, 1.165) is 97.8 Å². The van der Waals surface area contributed by atoms with Gasteiger partial charge in [0.2, 0.25) is 11.8 Å². The van der Waals surface area contributed by atoms with E-state index in [4.69, 9.17) is 0 Å². The highest BCUT2D eigenvalue weighted by Gasteiger charge is 2.40. The van der Waals surface area contributed by atoms with Crippen LogP contribution in [0.1, 0.15) is 51.9 Å². The number of hydrogen-bond donors (Lipinski definition) is 0. The van der Waals surface area contributed by atoms with Crippen molar-refractivity contribution >= 4 is 11.8 Å². The maximum Gasteiger partial charge on any atom is 0.223 e. The van der Waals surface area contributed by atoms with Gasteiger partial charge in [-0.2, -0.15) is 0 Å². The maximum absolute atomic E-state index is 13.1. The first-order valence-electron chi connectivity index (χ1n) is 15.5. The quantitative estimate of drug-likeness (QED) is 0.506. The smallest absolute Gasteiger partial charge is 0.223 e. The molecule has 3 atom stereocenters. The topological polar surface area (TPSA) is 50.3 Å². The Bertz CT molecular complexity index is 944. The number of carbonyl (C=O) groups is 2. The first kappa shape index (κ1) is 28.6. The molecule has 0 aromatic heterocycles. The van der Waals surface area contributed by atoms with Crippen LogP contribution in [-0.4, -0.2) is 121 Å². The van der Waals surface area contributed by atoms with Crippen LogP contribution < -0.4 is 0 Å². The van der Waals surface area contributed by atoms with Crippen LogP contribution in [0.15, 0.2) is 37.0 Å². The van der Waals surface area contributed by atoms with Crippen LogP contribution >= 0.6 is 0 Å². The maximum atomic E-state index is 13.1. The van der Waals surface area contributed by atoms with Gasteiger partial charge in [-0.3, -0.25) is 24.3 Å². The molecule has 6 heterocycles. The van der Waals surface area contributed by atoms with Crippen LogP contribution in [0.4, 0.5) is 0 Å². The molecule has 7 nitrogen and oxygen atoms in total. The first-order valence-corrected chi connectivity index (χ1v) is 15.5. The highest BCUT2D eigenvalue weighted by molar-refractivity contribution is 5.77. The molecule has 0 aromatic carbocycles. The van der Waals surface area contributed by atoms with Crippen molar-refractivity contribution in [2.24, 2.45) is 17.3 Å². The van der Waals surface area contributed by atoms with Gasteiger partial charge in [0.05, 0.1) is 0 Å². The molecule has 0 N–H and O–H groups in total. The zero-order valence-corrected chi connectivity index (χ0v) is 24.4. The van der Waals surface area contributed by atoms with Crippen LogP contribution in [0.3, 0.4) is 0 Å². The van der Waals surface area contributed by atoms with E-state index in [1.165, 1.54) is 24.0 Å². The molecule has 0 unspecified atom stereocenters. The van der Waals surface area contributed by atoms with Crippen molar-refractivity contribution in [2.45, 2.75) is 57.9 Å². The largest absolute Gasteiger partial charge is 0.340 e. The normalized spacial score (nSPS) is 36.5. The van der Waals surface area contributed by atoms with Gasteiger partial charge in [0, 0.05) is 97.4 Å². The number of carbonyl (C=O) groups excluding carboxylic acids is 2. The molecule has 216 valence electrons. The zero-order chi connectivity index (χ0) is 27.6. The Morgan fingerprint density at radius 2 is 1.26 bits per heavy atom. The van der Waals surface area contributed by atoms with E-state index in [1.807, 2.05) is 0 Å². The predicted octanol–water partition coefficient (Wildman–Crippen LogP) is 3.25. The lowest BCUT2D eigenvalue weighted by atomic mass is 9.61. The number of hydrogen-bond acceptors (Lipinski definition) is 5. The van der Waals surface area contributed by atoms with Crippen molar-refractivity contribution in [1.29, 1.82) is 0 Å². The molecule has 8 aliphatic rings. The van der Waals surface area contributed by atoms with Crippen molar-refractivity contribution in [1.82, 2.24) is 24.5 Å². The van der Waals surface area contributed by atoms with E-state index < -0.39 is 0 Å². The Hall–Kier alpha value is -1.96. The molecule has 2 aliphatic carbocycles. The summed E-state index contributed by atoms with van der Waals surface area (Å²) < 4.78 is 0. The number of amides is 2. The monoisotopic (exact) mass is 537 g/mol. The number of allylic oxidation sites excluding steroid dienone is 1. The van der Waals surface area contributed by atoms with Crippen LogP contribution in [0.5, 0.6) is 0 Å². The lowest BCUT2D eigenvalue weighted by Gasteiger charge is -2.46. The number of rotatable bonds is 2. The van der Waals surface area contributed by atoms with E-state index in [-0.39, 0.29) is 17.2 Å². The average Bonchev–Trinajstić information content (AvgIpc) is 3.79. The molecule has 6 aliphatic heterocycles. The lowest BCUT2D eigenvalue weighted by Crippen LogP contribution is -2.51. The minimum atomic E-state index is 0.0683. The fourth-order valence-electron chi connectivity index (χ4n) is 7.42. The molecular formula is C32H51N5O2. The Labute approximate surface area is 236 Å². The van der Waals surface area contributed by atoms with E-state index >= 15 is 0 Å². The summed E-state index contributed by atoms with van der Waals surface area (Å²) in [7, 11) is 0. The third-order valence-electron chi connectivity index (χ3n) is 10.5. The summed E-state index contributed by atoms with van der Waals surface area (Å²) in [5, 5.41) is 0. The van der Waals surface area contributed by atoms with E-state index in [1.54, 1.807) is 0 Å². The van der Waals surface area contributed by atoms with Crippen molar-refractivity contribution in [2.75, 3.05) is 78.5 Å². The molecule has 0 radical (unpaired) electrons. The van der Waals surface area contributed by atoms with E-state index in [2.05, 4.69) is 57.2 Å². The summed E-state index contributed by atoms with van der Waals surface area (Å²) in [6.07, 6.45) is 9.04. The molecule has 7 heteroatoms. The second-order valence-electron chi connectivity index (χ2n) is 13.1. The summed E-state index contributed by atoms with van der Waals surface area (Å²) in [6.45, 7) is 26.0. The molecule has 2 saturated carbocycles. The van der Waals surface area contributed by atoms with Crippen LogP contribution in [-0.2, 0) is 9.59 Å².